The Hall–Kier alpha value is -6.54. The molecule has 0 unspecified atom stereocenters. The van der Waals surface area contributed by atoms with Gasteiger partial charge in [0.1, 0.15) is 28.8 Å². The summed E-state index contributed by atoms with van der Waals surface area (Å²) in [5.41, 5.74) is 4.03. The van der Waals surface area contributed by atoms with E-state index in [0.29, 0.717) is 64.8 Å². The van der Waals surface area contributed by atoms with Crippen molar-refractivity contribution in [3.63, 3.8) is 0 Å². The molecule has 1 atom stereocenters. The molecule has 0 aliphatic carbocycles. The van der Waals surface area contributed by atoms with Gasteiger partial charge in [-0.2, -0.15) is 5.10 Å². The molecule has 2 fully saturated rings. The highest BCUT2D eigenvalue weighted by Crippen LogP contribution is 2.38. The molecule has 324 valence electrons. The van der Waals surface area contributed by atoms with Crippen molar-refractivity contribution in [3.8, 4) is 5.75 Å². The van der Waals surface area contributed by atoms with Gasteiger partial charge in [0, 0.05) is 97.6 Å². The monoisotopic (exact) mass is 864 g/mol. The Balaban J connectivity index is 0.851. The van der Waals surface area contributed by atoms with Crippen LogP contribution in [0.5, 0.6) is 5.75 Å². The normalized spacial score (nSPS) is 17.3. The van der Waals surface area contributed by atoms with E-state index < -0.39 is 32.4 Å². The van der Waals surface area contributed by atoms with Crippen molar-refractivity contribution in [1.29, 1.82) is 0 Å². The van der Waals surface area contributed by atoms with Gasteiger partial charge in [-0.25, -0.2) is 28.4 Å². The summed E-state index contributed by atoms with van der Waals surface area (Å²) in [5.74, 6) is 0.122. The van der Waals surface area contributed by atoms with Crippen LogP contribution in [0.1, 0.15) is 77.6 Å². The summed E-state index contributed by atoms with van der Waals surface area (Å²) in [6, 6.07) is 7.51. The number of ether oxygens (including phenoxy) is 1. The van der Waals surface area contributed by atoms with E-state index in [1.807, 2.05) is 18.7 Å². The van der Waals surface area contributed by atoms with Crippen molar-refractivity contribution in [2.75, 3.05) is 54.9 Å². The van der Waals surface area contributed by atoms with Gasteiger partial charge in [0.05, 0.1) is 22.4 Å². The number of piperidine rings is 1. The molecule has 3 aliphatic rings. The largest absolute Gasteiger partial charge is 0.492 e. The fourth-order valence-corrected chi connectivity index (χ4v) is 8.99. The summed E-state index contributed by atoms with van der Waals surface area (Å²) in [6.07, 6.45) is 5.39. The smallest absolute Gasteiger partial charge is 0.258 e. The average molecular weight is 865 g/mol. The Morgan fingerprint density at radius 1 is 0.984 bits per heavy atom. The van der Waals surface area contributed by atoms with Crippen LogP contribution in [0.2, 0.25) is 0 Å². The Morgan fingerprint density at radius 2 is 1.74 bits per heavy atom. The van der Waals surface area contributed by atoms with Gasteiger partial charge >= 0.3 is 0 Å². The number of benzene rings is 2. The van der Waals surface area contributed by atoms with E-state index in [1.165, 1.54) is 23.6 Å². The lowest BCUT2D eigenvalue weighted by Crippen LogP contribution is -2.52. The first-order valence-corrected chi connectivity index (χ1v) is 21.9. The van der Waals surface area contributed by atoms with Crippen molar-refractivity contribution in [2.24, 2.45) is 0 Å². The van der Waals surface area contributed by atoms with Crippen LogP contribution in [0, 0.1) is 13.8 Å². The molecular weight excluding hydrogens is 817 g/mol. The van der Waals surface area contributed by atoms with Crippen molar-refractivity contribution in [1.82, 2.24) is 45.2 Å². The Bertz CT molecular complexity index is 2690. The van der Waals surface area contributed by atoms with Crippen molar-refractivity contribution in [2.45, 2.75) is 76.1 Å². The number of H-pyrrole nitrogens is 1. The summed E-state index contributed by atoms with van der Waals surface area (Å²) >= 11 is 0. The summed E-state index contributed by atoms with van der Waals surface area (Å²) in [6.45, 7) is 12.7. The number of piperazine rings is 1. The lowest BCUT2D eigenvalue weighted by molar-refractivity contribution is -0.136. The minimum Gasteiger partial charge on any atom is -0.492 e. The number of aromatic amines is 1. The van der Waals surface area contributed by atoms with E-state index >= 15 is 0 Å². The van der Waals surface area contributed by atoms with Gasteiger partial charge in [0.25, 0.3) is 11.8 Å². The van der Waals surface area contributed by atoms with Gasteiger partial charge in [0.2, 0.25) is 17.8 Å². The van der Waals surface area contributed by atoms with Gasteiger partial charge in [-0.1, -0.05) is 6.07 Å². The van der Waals surface area contributed by atoms with Crippen LogP contribution in [-0.2, 0) is 26.0 Å². The lowest BCUT2D eigenvalue weighted by atomic mass is 10.0. The Morgan fingerprint density at radius 3 is 2.44 bits per heavy atom. The number of imide groups is 1. The van der Waals surface area contributed by atoms with E-state index in [1.54, 1.807) is 51.1 Å². The quantitative estimate of drug-likeness (QED) is 0.103. The number of hydrogen-bond acceptors (Lipinski definition) is 15. The minimum absolute atomic E-state index is 0.0702. The predicted octanol–water partition coefficient (Wildman–Crippen LogP) is 3.68. The van der Waals surface area contributed by atoms with E-state index in [2.05, 4.69) is 51.0 Å². The van der Waals surface area contributed by atoms with E-state index in [4.69, 9.17) is 4.74 Å². The molecule has 19 nitrogen and oxygen atoms in total. The van der Waals surface area contributed by atoms with Gasteiger partial charge in [0.15, 0.2) is 15.7 Å². The van der Waals surface area contributed by atoms with E-state index in [9.17, 15) is 27.6 Å². The highest BCUT2D eigenvalue weighted by Gasteiger charge is 2.40. The number of carbonyl (C=O) groups excluding carboxylic acids is 4. The topological polar surface area (TPSA) is 238 Å². The molecule has 2 saturated heterocycles. The highest BCUT2D eigenvalue weighted by molar-refractivity contribution is 7.92. The van der Waals surface area contributed by atoms with Crippen LogP contribution in [0.3, 0.4) is 0 Å². The number of amides is 4. The molecule has 0 radical (unpaired) electrons. The summed E-state index contributed by atoms with van der Waals surface area (Å²) in [7, 11) is -3.83. The number of carbonyl (C=O) groups is 4. The molecule has 20 heteroatoms. The molecule has 6 heterocycles. The van der Waals surface area contributed by atoms with Crippen LogP contribution in [0.15, 0.2) is 53.9 Å². The number of fused-ring (bicyclic) bond motifs is 2. The van der Waals surface area contributed by atoms with Crippen LogP contribution >= 0.6 is 0 Å². The third-order valence-electron chi connectivity index (χ3n) is 11.5. The van der Waals surface area contributed by atoms with Gasteiger partial charge in [-0.15, -0.1) is 0 Å². The maximum atomic E-state index is 13.9. The third-order valence-corrected chi connectivity index (χ3v) is 14.1. The molecule has 4 N–H and O–H groups in total. The molecule has 8 rings (SSSR count). The first-order chi connectivity index (χ1) is 29.6. The summed E-state index contributed by atoms with van der Waals surface area (Å²) in [5, 5.41) is 16.2. The number of nitrogens with zero attached hydrogens (tertiary/aromatic N) is 8. The van der Waals surface area contributed by atoms with Crippen LogP contribution in [-0.4, -0.2) is 122 Å². The number of rotatable bonds is 12. The van der Waals surface area contributed by atoms with Crippen molar-refractivity contribution in [3.05, 3.63) is 77.0 Å². The third kappa shape index (κ3) is 8.26. The minimum atomic E-state index is -3.83. The van der Waals surface area contributed by atoms with Crippen LogP contribution < -0.4 is 25.6 Å². The molecule has 5 aromatic rings. The number of aromatic nitrogens is 6. The second kappa shape index (κ2) is 16.7. The fraction of sp³-hybridized carbons (Fsp3) is 0.405. The summed E-state index contributed by atoms with van der Waals surface area (Å²) < 4.78 is 32.9. The van der Waals surface area contributed by atoms with Crippen molar-refractivity contribution < 1.29 is 32.3 Å². The fourth-order valence-electron chi connectivity index (χ4n) is 7.68. The molecule has 3 aromatic heterocycles. The number of hydrogen-bond donors (Lipinski definition) is 4. The maximum Gasteiger partial charge on any atom is 0.258 e. The predicted molar refractivity (Wildman–Crippen MR) is 229 cm³/mol. The molecule has 0 bridgehead atoms. The standard InChI is InChI=1S/C42H48N12O7S/c1-24-25(2)50-51-36(24)49-37-28-18-34(62(59,60)42(3,4)5)33(19-31(28)45-23-46-37)61-17-7-12-52-13-15-53(16-14-52)41-43-20-26(21-44-41)38(56)47-30-9-6-8-27-29(30)22-54(40(27)58)32-10-11-35(55)48-39(32)57/h6,8-9,18-21,23,32H,7,10-17,22H2,1-5H3,(H,47,56)(H,48,55,57)(H2,45,46,49,50,51)/t32-/m0/s1. The van der Waals surface area contributed by atoms with Gasteiger partial charge < -0.3 is 25.2 Å². The number of sulfone groups is 1. The molecule has 3 aliphatic heterocycles. The SMILES string of the molecule is Cc1[nH]nc(Nc2ncnc3cc(OCCCN4CCN(c5ncc(C(=O)Nc6cccc7c6CN([C@H]6CCC(=O)NC6=O)C7=O)cn5)CC4)c(S(=O)(=O)C(C)(C)C)cc23)c1C. The van der Waals surface area contributed by atoms with Gasteiger partial charge in [-0.3, -0.25) is 34.5 Å². The average Bonchev–Trinajstić information content (AvgIpc) is 3.75. The zero-order valence-corrected chi connectivity index (χ0v) is 35.9. The number of aryl methyl sites for hydroxylation is 1. The molecule has 0 saturated carbocycles. The first-order valence-electron chi connectivity index (χ1n) is 20.4. The van der Waals surface area contributed by atoms with E-state index in [0.717, 1.165) is 30.9 Å². The van der Waals surface area contributed by atoms with Crippen LogP contribution in [0.4, 0.5) is 23.3 Å². The molecule has 0 spiro atoms. The number of anilines is 4. The second-order valence-corrected chi connectivity index (χ2v) is 19.3. The van der Waals surface area contributed by atoms with E-state index in [-0.39, 0.29) is 54.0 Å². The lowest BCUT2D eigenvalue weighted by Gasteiger charge is -2.34. The highest BCUT2D eigenvalue weighted by atomic mass is 32.2. The Labute approximate surface area is 358 Å². The molecule has 2 aromatic carbocycles. The first kappa shape index (κ1) is 42.2. The molecule has 62 heavy (non-hydrogen) atoms. The van der Waals surface area contributed by atoms with Gasteiger partial charge in [-0.05, 0) is 65.7 Å². The van der Waals surface area contributed by atoms with Crippen molar-refractivity contribution >= 4 is 67.6 Å². The summed E-state index contributed by atoms with van der Waals surface area (Å²) in [4.78, 5) is 74.3. The second-order valence-electron chi connectivity index (χ2n) is 16.6. The van der Waals surface area contributed by atoms with Crippen LogP contribution in [0.25, 0.3) is 10.9 Å². The molecular formula is C42H48N12O7S. The Kier molecular flexibility index (Phi) is 11.4. The zero-order chi connectivity index (χ0) is 43.9. The molecule has 4 amide bonds. The zero-order valence-electron chi connectivity index (χ0n) is 35.1. The number of nitrogens with one attached hydrogen (secondary N) is 4. The maximum absolute atomic E-state index is 13.9.